The summed E-state index contributed by atoms with van der Waals surface area (Å²) < 4.78 is 22.3. The molecule has 0 aliphatic carbocycles. The van der Waals surface area contributed by atoms with Gasteiger partial charge in [-0.05, 0) is 97.9 Å². The van der Waals surface area contributed by atoms with Crippen molar-refractivity contribution >= 4 is 95.1 Å². The van der Waals surface area contributed by atoms with Crippen LogP contribution in [0.3, 0.4) is 0 Å². The van der Waals surface area contributed by atoms with Gasteiger partial charge in [-0.15, -0.1) is 0 Å². The van der Waals surface area contributed by atoms with Gasteiger partial charge >= 0.3 is 0 Å². The van der Waals surface area contributed by atoms with E-state index in [2.05, 4.69) is 184 Å². The summed E-state index contributed by atoms with van der Waals surface area (Å²) >= 11 is 0. The lowest BCUT2D eigenvalue weighted by molar-refractivity contribution is 0.402. The van der Waals surface area contributed by atoms with Gasteiger partial charge in [0.15, 0.2) is 14.2 Å². The van der Waals surface area contributed by atoms with Crippen molar-refractivity contribution in [3.05, 3.63) is 236 Å². The summed E-state index contributed by atoms with van der Waals surface area (Å²) in [4.78, 5) is 12.1. The maximum Gasteiger partial charge on any atom is 0.184 e. The molecule has 13 rings (SSSR count). The molecule has 4 aromatic heterocycles. The molecule has 1 unspecified atom stereocenters. The second-order valence-corrected chi connectivity index (χ2v) is 20.3. The first-order valence-electron chi connectivity index (χ1n) is 21.7. The van der Waals surface area contributed by atoms with Gasteiger partial charge in [-0.25, -0.2) is 14.4 Å². The van der Waals surface area contributed by atoms with E-state index < -0.39 is 14.2 Å². The summed E-state index contributed by atoms with van der Waals surface area (Å²) in [5.74, 6) is 0.770. The average molecular weight is 840 g/mol. The number of alkyl halides is 1. The molecule has 0 spiro atoms. The van der Waals surface area contributed by atoms with E-state index in [1.807, 2.05) is 55.0 Å². The number of anilines is 3. The van der Waals surface area contributed by atoms with Crippen LogP contribution in [-0.2, 0) is 0 Å². The van der Waals surface area contributed by atoms with Gasteiger partial charge in [0, 0.05) is 57.2 Å². The summed E-state index contributed by atoms with van der Waals surface area (Å²) in [5, 5.41) is 10.4. The first-order valence-corrected chi connectivity index (χ1v) is 23.7. The zero-order valence-electron chi connectivity index (χ0n) is 34.6. The minimum Gasteiger partial charge on any atom is -0.309 e. The normalized spacial score (nSPS) is 13.7. The Morgan fingerprint density at radius 3 is 1.88 bits per heavy atom. The third-order valence-corrected chi connectivity index (χ3v) is 18.3. The maximum atomic E-state index is 17.8. The number of pyridine rings is 2. The second-order valence-electron chi connectivity index (χ2n) is 16.6. The van der Waals surface area contributed by atoms with E-state index in [9.17, 15) is 0 Å². The lowest BCUT2D eigenvalue weighted by Crippen LogP contribution is -2.77. The zero-order valence-corrected chi connectivity index (χ0v) is 35.6. The highest BCUT2D eigenvalue weighted by atomic mass is 28.3. The highest BCUT2D eigenvalue weighted by molar-refractivity contribution is 7.22. The number of halogens is 1. The molecule has 1 aliphatic rings. The SMILES string of the molecule is FC(c1ccc2c(c1)N(c1ccccn1)c1ccc3c(c1[Si]2(c1ccccc1)c1ccccc1)c1ccccc1n3-c1ccccc1)c1ccc2c3ccccc3n3ccnc3c2c1. The molecule has 1 aliphatic heterocycles. The third kappa shape index (κ3) is 5.16. The molecule has 1 atom stereocenters. The van der Waals surface area contributed by atoms with Crippen molar-refractivity contribution < 1.29 is 4.39 Å². The average Bonchev–Trinajstić information content (AvgIpc) is 4.00. The summed E-state index contributed by atoms with van der Waals surface area (Å²) in [7, 11) is -3.26. The maximum absolute atomic E-state index is 17.8. The minimum atomic E-state index is -3.26. The standard InChI is InChI=1S/C57H38FN5Si/c58-55(38-27-29-43-44-22-10-12-24-47(44)61-35-34-60-57(61)46(43)36-38)39-28-32-52-51(37-39)63(53-26-14-15-33-59-53)50-31-30-49-54(45-23-11-13-25-48(45)62(49)40-16-4-1-5-17-40)56(50)64(52,41-18-6-2-7-19-41)42-20-8-3-9-21-42/h1-37,55H. The molecular formula is C57H38FN5Si. The fourth-order valence-electron chi connectivity index (χ4n) is 10.8. The Morgan fingerprint density at radius 1 is 0.469 bits per heavy atom. The van der Waals surface area contributed by atoms with E-state index in [0.29, 0.717) is 11.1 Å². The molecule has 0 radical (unpaired) electrons. The molecule has 0 bridgehead atoms. The van der Waals surface area contributed by atoms with Gasteiger partial charge in [0.1, 0.15) is 11.5 Å². The Kier molecular flexibility index (Phi) is 8.10. The van der Waals surface area contributed by atoms with Crippen LogP contribution in [0.4, 0.5) is 21.6 Å². The second kappa shape index (κ2) is 14.2. The van der Waals surface area contributed by atoms with Crippen LogP contribution >= 0.6 is 0 Å². The van der Waals surface area contributed by atoms with Crippen LogP contribution in [0.15, 0.2) is 225 Å². The number of hydrogen-bond donors (Lipinski definition) is 0. The van der Waals surface area contributed by atoms with Gasteiger partial charge in [0.25, 0.3) is 0 Å². The van der Waals surface area contributed by atoms with Crippen molar-refractivity contribution in [2.45, 2.75) is 6.17 Å². The van der Waals surface area contributed by atoms with E-state index in [4.69, 9.17) is 9.97 Å². The molecule has 0 saturated heterocycles. The topological polar surface area (TPSA) is 38.4 Å². The van der Waals surface area contributed by atoms with Crippen LogP contribution in [0.1, 0.15) is 17.3 Å². The fourth-order valence-corrected chi connectivity index (χ4v) is 16.1. The van der Waals surface area contributed by atoms with Crippen LogP contribution < -0.4 is 25.6 Å². The molecule has 7 heteroatoms. The number of hydrogen-bond acceptors (Lipinski definition) is 3. The molecule has 0 N–H and O–H groups in total. The van der Waals surface area contributed by atoms with E-state index >= 15 is 4.39 Å². The zero-order chi connectivity index (χ0) is 42.4. The summed E-state index contributed by atoms with van der Waals surface area (Å²) in [6.07, 6.45) is 4.22. The van der Waals surface area contributed by atoms with Crippen LogP contribution in [0.2, 0.25) is 0 Å². The fraction of sp³-hybridized carbons (Fsp3) is 0.0175. The van der Waals surface area contributed by atoms with Crippen molar-refractivity contribution in [2.24, 2.45) is 0 Å². The van der Waals surface area contributed by atoms with Gasteiger partial charge < -0.3 is 4.57 Å². The molecule has 0 saturated carbocycles. The summed E-state index contributed by atoms with van der Waals surface area (Å²) in [6, 6.07) is 72.8. The lowest BCUT2D eigenvalue weighted by atomic mass is 9.97. The minimum absolute atomic E-state index is 0.577. The lowest BCUT2D eigenvalue weighted by Gasteiger charge is -2.45. The highest BCUT2D eigenvalue weighted by Crippen LogP contribution is 2.44. The first kappa shape index (κ1) is 36.5. The Labute approximate surface area is 369 Å². The van der Waals surface area contributed by atoms with Gasteiger partial charge in [0.05, 0.1) is 16.6 Å². The van der Waals surface area contributed by atoms with Crippen LogP contribution in [0.5, 0.6) is 0 Å². The predicted octanol–water partition coefficient (Wildman–Crippen LogP) is 11.4. The van der Waals surface area contributed by atoms with Crippen molar-refractivity contribution in [2.75, 3.05) is 4.90 Å². The number of aromatic nitrogens is 4. The molecule has 0 fully saturated rings. The van der Waals surface area contributed by atoms with Crippen molar-refractivity contribution in [1.29, 1.82) is 0 Å². The highest BCUT2D eigenvalue weighted by Gasteiger charge is 2.51. The molecule has 302 valence electrons. The van der Waals surface area contributed by atoms with Gasteiger partial charge in [-0.2, -0.15) is 0 Å². The number of imidazole rings is 1. The number of nitrogens with zero attached hydrogens (tertiary/aromatic N) is 5. The van der Waals surface area contributed by atoms with Crippen LogP contribution in [0, 0.1) is 0 Å². The molecule has 64 heavy (non-hydrogen) atoms. The van der Waals surface area contributed by atoms with Crippen molar-refractivity contribution in [3.8, 4) is 5.69 Å². The summed E-state index contributed by atoms with van der Waals surface area (Å²) in [6.45, 7) is 0. The predicted molar refractivity (Wildman–Crippen MR) is 264 cm³/mol. The van der Waals surface area contributed by atoms with Crippen molar-refractivity contribution in [1.82, 2.24) is 18.9 Å². The Balaban J connectivity index is 1.13. The van der Waals surface area contributed by atoms with Crippen molar-refractivity contribution in [3.63, 3.8) is 0 Å². The largest absolute Gasteiger partial charge is 0.309 e. The Morgan fingerprint density at radius 2 is 1.12 bits per heavy atom. The number of para-hydroxylation sites is 3. The van der Waals surface area contributed by atoms with Crippen LogP contribution in [-0.4, -0.2) is 27.0 Å². The smallest absolute Gasteiger partial charge is 0.184 e. The molecular weight excluding hydrogens is 802 g/mol. The van der Waals surface area contributed by atoms with Gasteiger partial charge in [0.2, 0.25) is 0 Å². The molecule has 5 heterocycles. The van der Waals surface area contributed by atoms with E-state index in [1.165, 1.54) is 31.5 Å². The Bertz CT molecular complexity index is 3720. The molecule has 5 nitrogen and oxygen atoms in total. The third-order valence-electron chi connectivity index (χ3n) is 13.4. The monoisotopic (exact) mass is 839 g/mol. The number of benzene rings is 8. The summed E-state index contributed by atoms with van der Waals surface area (Å²) in [5.41, 5.74) is 8.40. The number of fused-ring (bicyclic) bond motifs is 12. The van der Waals surface area contributed by atoms with Crippen LogP contribution in [0.25, 0.3) is 54.8 Å². The first-order chi connectivity index (χ1) is 31.7. The molecule has 0 amide bonds. The van der Waals surface area contributed by atoms with Gasteiger partial charge in [-0.1, -0.05) is 146 Å². The van der Waals surface area contributed by atoms with Gasteiger partial charge in [-0.3, -0.25) is 9.30 Å². The van der Waals surface area contributed by atoms with E-state index in [1.54, 1.807) is 0 Å². The quantitative estimate of drug-likeness (QED) is 0.124. The molecule has 12 aromatic rings. The Hall–Kier alpha value is -8.13. The van der Waals surface area contributed by atoms with E-state index in [0.717, 1.165) is 61.2 Å². The van der Waals surface area contributed by atoms with E-state index in [-0.39, 0.29) is 0 Å². The molecule has 8 aromatic carbocycles. The number of rotatable bonds is 6.